The number of fused-ring (bicyclic) bond motifs is 1. The molecule has 0 bridgehead atoms. The first kappa shape index (κ1) is 17.0. The van der Waals surface area contributed by atoms with Gasteiger partial charge in [0.15, 0.2) is 12.1 Å². The van der Waals surface area contributed by atoms with Gasteiger partial charge in [0.25, 0.3) is 0 Å². The fourth-order valence-electron chi connectivity index (χ4n) is 2.49. The van der Waals surface area contributed by atoms with Crippen LogP contribution >= 0.6 is 15.9 Å². The van der Waals surface area contributed by atoms with E-state index >= 15 is 0 Å². The summed E-state index contributed by atoms with van der Waals surface area (Å²) in [6.45, 7) is 3.65. The second kappa shape index (κ2) is 6.37. The van der Waals surface area contributed by atoms with Crippen molar-refractivity contribution in [1.29, 1.82) is 0 Å². The number of nitrogens with zero attached hydrogens (tertiary/aromatic N) is 1. The second-order valence-corrected chi connectivity index (χ2v) is 6.39. The number of ether oxygens (including phenoxy) is 5. The molecule has 2 heterocycles. The molecule has 0 aromatic heterocycles. The lowest BCUT2D eigenvalue weighted by atomic mass is 10.1. The Kier molecular flexibility index (Phi) is 5.15. The van der Waals surface area contributed by atoms with Crippen LogP contribution in [0.3, 0.4) is 0 Å². The molecule has 2 aliphatic heterocycles. The molecule has 5 atom stereocenters. The summed E-state index contributed by atoms with van der Waals surface area (Å²) in [5.41, 5.74) is 0. The van der Waals surface area contributed by atoms with E-state index in [1.807, 2.05) is 13.8 Å². The maximum absolute atomic E-state index is 11.7. The van der Waals surface area contributed by atoms with E-state index in [4.69, 9.17) is 23.7 Å². The van der Waals surface area contributed by atoms with Crippen molar-refractivity contribution in [2.24, 2.45) is 0 Å². The molecule has 0 unspecified atom stereocenters. The maximum atomic E-state index is 11.7. The Bertz CT molecular complexity index is 391. The molecule has 8 heteroatoms. The SMILES string of the molecule is CO[C@@H]1[C@H]2OC(C)(C)O[C@H]2O[C@@H]1[C@@H](CBr)OC(=O)N(C)C. The third kappa shape index (κ3) is 3.50. The first-order valence-corrected chi connectivity index (χ1v) is 7.89. The molecule has 0 aromatic carbocycles. The Morgan fingerprint density at radius 2 is 2.05 bits per heavy atom. The van der Waals surface area contributed by atoms with Gasteiger partial charge in [-0.05, 0) is 13.8 Å². The van der Waals surface area contributed by atoms with Crippen LogP contribution < -0.4 is 0 Å². The average Bonchev–Trinajstić information content (AvgIpc) is 2.86. The Morgan fingerprint density at radius 1 is 1.38 bits per heavy atom. The summed E-state index contributed by atoms with van der Waals surface area (Å²) in [4.78, 5) is 13.1. The van der Waals surface area contributed by atoms with Crippen LogP contribution in [0.1, 0.15) is 13.8 Å². The number of methoxy groups -OCH3 is 1. The van der Waals surface area contributed by atoms with E-state index in [2.05, 4.69) is 15.9 Å². The largest absolute Gasteiger partial charge is 0.442 e. The standard InChI is InChI=1S/C13H22BrNO6/c1-13(2)20-10-9(17-5)8(19-11(10)21-13)7(6-14)18-12(16)15(3)4/h7-11H,6H2,1-5H3/t7-,8-,9+,10-,11-/m1/s1. The molecule has 0 aromatic rings. The van der Waals surface area contributed by atoms with Crippen LogP contribution in [0.25, 0.3) is 0 Å². The Balaban J connectivity index is 2.07. The molecule has 7 nitrogen and oxygen atoms in total. The average molecular weight is 368 g/mol. The van der Waals surface area contributed by atoms with Crippen molar-refractivity contribution in [2.75, 3.05) is 26.5 Å². The first-order chi connectivity index (χ1) is 9.79. The predicted octanol–water partition coefficient (Wildman–Crippen LogP) is 1.34. The summed E-state index contributed by atoms with van der Waals surface area (Å²) in [7, 11) is 4.83. The molecule has 0 saturated carbocycles. The zero-order valence-electron chi connectivity index (χ0n) is 12.9. The Morgan fingerprint density at radius 3 is 2.57 bits per heavy atom. The minimum Gasteiger partial charge on any atom is -0.442 e. The van der Waals surface area contributed by atoms with Crippen molar-refractivity contribution in [3.8, 4) is 0 Å². The van der Waals surface area contributed by atoms with Crippen molar-refractivity contribution in [3.05, 3.63) is 0 Å². The van der Waals surface area contributed by atoms with Crippen LogP contribution in [0.5, 0.6) is 0 Å². The van der Waals surface area contributed by atoms with Crippen LogP contribution in [-0.2, 0) is 23.7 Å². The van der Waals surface area contributed by atoms with Gasteiger partial charge < -0.3 is 28.6 Å². The van der Waals surface area contributed by atoms with Crippen LogP contribution in [-0.4, -0.2) is 74.0 Å². The quantitative estimate of drug-likeness (QED) is 0.698. The van der Waals surface area contributed by atoms with Gasteiger partial charge in [-0.2, -0.15) is 0 Å². The van der Waals surface area contributed by atoms with Gasteiger partial charge >= 0.3 is 6.09 Å². The fraction of sp³-hybridized carbons (Fsp3) is 0.923. The summed E-state index contributed by atoms with van der Waals surface area (Å²) in [5.74, 6) is -0.707. The molecule has 0 spiro atoms. The summed E-state index contributed by atoms with van der Waals surface area (Å²) in [5, 5.41) is 0.430. The fourth-order valence-corrected chi connectivity index (χ4v) is 2.99. The van der Waals surface area contributed by atoms with E-state index in [-0.39, 0.29) is 12.2 Å². The van der Waals surface area contributed by atoms with E-state index in [0.29, 0.717) is 5.33 Å². The number of alkyl halides is 1. The smallest absolute Gasteiger partial charge is 0.409 e. The van der Waals surface area contributed by atoms with E-state index in [0.717, 1.165) is 0 Å². The summed E-state index contributed by atoms with van der Waals surface area (Å²) in [6, 6.07) is 0. The van der Waals surface area contributed by atoms with Crippen LogP contribution in [0.4, 0.5) is 4.79 Å². The number of rotatable bonds is 4. The molecular weight excluding hydrogens is 346 g/mol. The van der Waals surface area contributed by atoms with Crippen LogP contribution in [0, 0.1) is 0 Å². The molecule has 2 aliphatic rings. The van der Waals surface area contributed by atoms with E-state index < -0.39 is 30.4 Å². The Labute approximate surface area is 132 Å². The lowest BCUT2D eigenvalue weighted by molar-refractivity contribution is -0.226. The highest BCUT2D eigenvalue weighted by Gasteiger charge is 2.57. The van der Waals surface area contributed by atoms with Crippen molar-refractivity contribution >= 4 is 22.0 Å². The zero-order chi connectivity index (χ0) is 15.8. The molecular formula is C13H22BrNO6. The molecule has 0 aliphatic carbocycles. The van der Waals surface area contributed by atoms with Gasteiger partial charge in [-0.25, -0.2) is 4.79 Å². The summed E-state index contributed by atoms with van der Waals surface area (Å²) >= 11 is 3.35. The van der Waals surface area contributed by atoms with Crippen molar-refractivity contribution in [3.63, 3.8) is 0 Å². The predicted molar refractivity (Wildman–Crippen MR) is 77.2 cm³/mol. The number of amides is 1. The topological polar surface area (TPSA) is 66.5 Å². The normalized spacial score (nSPS) is 35.3. The highest BCUT2D eigenvalue weighted by molar-refractivity contribution is 9.09. The van der Waals surface area contributed by atoms with Gasteiger partial charge in [-0.3, -0.25) is 0 Å². The second-order valence-electron chi connectivity index (χ2n) is 5.74. The minimum absolute atomic E-state index is 0.338. The van der Waals surface area contributed by atoms with Crippen LogP contribution in [0.2, 0.25) is 0 Å². The van der Waals surface area contributed by atoms with E-state index in [9.17, 15) is 4.79 Å². The molecule has 0 radical (unpaired) electrons. The molecule has 2 fully saturated rings. The summed E-state index contributed by atoms with van der Waals surface area (Å²) < 4.78 is 28.3. The first-order valence-electron chi connectivity index (χ1n) is 6.77. The lowest BCUT2D eigenvalue weighted by Gasteiger charge is -2.29. The van der Waals surface area contributed by atoms with Gasteiger partial charge in [-0.1, -0.05) is 15.9 Å². The third-order valence-corrected chi connectivity index (χ3v) is 4.07. The lowest BCUT2D eigenvalue weighted by Crippen LogP contribution is -2.45. The van der Waals surface area contributed by atoms with Gasteiger partial charge in [0.2, 0.25) is 0 Å². The molecule has 0 N–H and O–H groups in total. The van der Waals surface area contributed by atoms with Gasteiger partial charge in [0, 0.05) is 26.5 Å². The minimum atomic E-state index is -0.707. The number of halogens is 1. The van der Waals surface area contributed by atoms with E-state index in [1.54, 1.807) is 21.2 Å². The monoisotopic (exact) mass is 367 g/mol. The molecule has 2 saturated heterocycles. The van der Waals surface area contributed by atoms with Gasteiger partial charge in [0.1, 0.15) is 24.4 Å². The molecule has 21 heavy (non-hydrogen) atoms. The summed E-state index contributed by atoms with van der Waals surface area (Å²) in [6.07, 6.45) is -2.61. The number of hydrogen-bond acceptors (Lipinski definition) is 6. The van der Waals surface area contributed by atoms with Crippen LogP contribution in [0.15, 0.2) is 0 Å². The third-order valence-electron chi connectivity index (χ3n) is 3.43. The molecule has 2 rings (SSSR count). The highest BCUT2D eigenvalue weighted by Crippen LogP contribution is 2.40. The van der Waals surface area contributed by atoms with Gasteiger partial charge in [0.05, 0.1) is 0 Å². The molecule has 1 amide bonds. The Hall–Kier alpha value is -0.410. The van der Waals surface area contributed by atoms with Crippen molar-refractivity contribution < 1.29 is 28.5 Å². The maximum Gasteiger partial charge on any atom is 0.409 e. The number of carbonyl (C=O) groups is 1. The zero-order valence-corrected chi connectivity index (χ0v) is 14.5. The van der Waals surface area contributed by atoms with Gasteiger partial charge in [-0.15, -0.1) is 0 Å². The molecule has 122 valence electrons. The van der Waals surface area contributed by atoms with Crippen molar-refractivity contribution in [1.82, 2.24) is 4.90 Å². The number of carbonyl (C=O) groups excluding carboxylic acids is 1. The van der Waals surface area contributed by atoms with E-state index in [1.165, 1.54) is 4.90 Å². The van der Waals surface area contributed by atoms with Crippen molar-refractivity contribution in [2.45, 2.75) is 50.3 Å². The highest BCUT2D eigenvalue weighted by atomic mass is 79.9. The number of hydrogen-bond donors (Lipinski definition) is 0.